The van der Waals surface area contributed by atoms with E-state index >= 15 is 0 Å². The average Bonchev–Trinajstić information content (AvgIpc) is 2.84. The van der Waals surface area contributed by atoms with Crippen LogP contribution in [0.1, 0.15) is 27.3 Å². The molecule has 0 aliphatic heterocycles. The fourth-order valence-electron chi connectivity index (χ4n) is 2.45. The summed E-state index contributed by atoms with van der Waals surface area (Å²) in [6.07, 6.45) is 3.20. The van der Waals surface area contributed by atoms with Crippen molar-refractivity contribution in [3.63, 3.8) is 0 Å². The van der Waals surface area contributed by atoms with Crippen LogP contribution < -0.4 is 5.32 Å². The fraction of sp³-hybridized carbons (Fsp3) is 0.167. The van der Waals surface area contributed by atoms with Crippen molar-refractivity contribution in [2.45, 2.75) is 20.8 Å². The van der Waals surface area contributed by atoms with Gasteiger partial charge < -0.3 is 5.32 Å². The molecule has 23 heavy (non-hydrogen) atoms. The molecule has 1 N–H and O–H groups in total. The van der Waals surface area contributed by atoms with Gasteiger partial charge in [0.15, 0.2) is 0 Å². The van der Waals surface area contributed by atoms with Crippen LogP contribution in [0.4, 0.5) is 5.69 Å². The molecule has 0 spiro atoms. The van der Waals surface area contributed by atoms with Crippen molar-refractivity contribution in [1.29, 1.82) is 0 Å². The van der Waals surface area contributed by atoms with E-state index in [4.69, 9.17) is 0 Å². The van der Waals surface area contributed by atoms with E-state index in [0.717, 1.165) is 22.8 Å². The highest BCUT2D eigenvalue weighted by Gasteiger charge is 2.16. The van der Waals surface area contributed by atoms with Crippen molar-refractivity contribution >= 4 is 11.6 Å². The Morgan fingerprint density at radius 2 is 1.65 bits per heavy atom. The number of hydrogen-bond donors (Lipinski definition) is 1. The maximum Gasteiger partial charge on any atom is 0.255 e. The Balaban J connectivity index is 1.92. The van der Waals surface area contributed by atoms with Gasteiger partial charge in [-0.3, -0.25) is 9.78 Å². The van der Waals surface area contributed by atoms with Crippen molar-refractivity contribution in [3.8, 4) is 5.69 Å². The Morgan fingerprint density at radius 3 is 2.30 bits per heavy atom. The maximum atomic E-state index is 12.3. The third-order valence-electron chi connectivity index (χ3n) is 3.75. The SMILES string of the molecule is Cc1ccc(-n2nc(C)c(NC(=O)c3ccncc3)c2C)cc1. The van der Waals surface area contributed by atoms with Crippen LogP contribution in [-0.2, 0) is 0 Å². The number of carbonyl (C=O) groups is 1. The summed E-state index contributed by atoms with van der Waals surface area (Å²) in [5.74, 6) is -0.165. The number of anilines is 1. The highest BCUT2D eigenvalue weighted by atomic mass is 16.1. The second kappa shape index (κ2) is 6.04. The van der Waals surface area contributed by atoms with Crippen molar-refractivity contribution < 1.29 is 4.79 Å². The summed E-state index contributed by atoms with van der Waals surface area (Å²) >= 11 is 0. The minimum absolute atomic E-state index is 0.165. The zero-order valence-corrected chi connectivity index (χ0v) is 13.4. The van der Waals surface area contributed by atoms with Crippen LogP contribution in [0.15, 0.2) is 48.8 Å². The van der Waals surface area contributed by atoms with Gasteiger partial charge in [-0.25, -0.2) is 4.68 Å². The maximum absolute atomic E-state index is 12.3. The van der Waals surface area contributed by atoms with E-state index in [1.165, 1.54) is 5.56 Å². The topological polar surface area (TPSA) is 59.8 Å². The lowest BCUT2D eigenvalue weighted by molar-refractivity contribution is 0.102. The molecule has 2 heterocycles. The third kappa shape index (κ3) is 2.99. The minimum atomic E-state index is -0.165. The third-order valence-corrected chi connectivity index (χ3v) is 3.75. The van der Waals surface area contributed by atoms with E-state index in [1.54, 1.807) is 24.5 Å². The summed E-state index contributed by atoms with van der Waals surface area (Å²) < 4.78 is 1.84. The van der Waals surface area contributed by atoms with Gasteiger partial charge in [-0.15, -0.1) is 0 Å². The molecule has 5 nitrogen and oxygen atoms in total. The number of amides is 1. The van der Waals surface area contributed by atoms with Crippen LogP contribution in [0.3, 0.4) is 0 Å². The predicted molar refractivity (Wildman–Crippen MR) is 90.0 cm³/mol. The number of aromatic nitrogens is 3. The molecule has 116 valence electrons. The van der Waals surface area contributed by atoms with E-state index in [9.17, 15) is 4.79 Å². The van der Waals surface area contributed by atoms with Gasteiger partial charge >= 0.3 is 0 Å². The molecule has 0 unspecified atom stereocenters. The second-order valence-corrected chi connectivity index (χ2v) is 5.48. The number of aryl methyl sites for hydroxylation is 2. The number of benzene rings is 1. The molecule has 0 atom stereocenters. The molecule has 0 fully saturated rings. The van der Waals surface area contributed by atoms with Gasteiger partial charge in [0.25, 0.3) is 5.91 Å². The highest BCUT2D eigenvalue weighted by Crippen LogP contribution is 2.23. The molecule has 0 aliphatic rings. The lowest BCUT2D eigenvalue weighted by atomic mass is 10.2. The van der Waals surface area contributed by atoms with E-state index in [2.05, 4.69) is 15.4 Å². The largest absolute Gasteiger partial charge is 0.319 e. The first-order valence-corrected chi connectivity index (χ1v) is 7.41. The summed E-state index contributed by atoms with van der Waals surface area (Å²) in [7, 11) is 0. The summed E-state index contributed by atoms with van der Waals surface area (Å²) in [5, 5.41) is 7.49. The molecule has 0 saturated carbocycles. The first-order valence-electron chi connectivity index (χ1n) is 7.41. The molecule has 3 rings (SSSR count). The van der Waals surface area contributed by atoms with Gasteiger partial charge in [0, 0.05) is 18.0 Å². The van der Waals surface area contributed by atoms with E-state index in [0.29, 0.717) is 5.56 Å². The van der Waals surface area contributed by atoms with Gasteiger partial charge in [-0.2, -0.15) is 5.10 Å². The van der Waals surface area contributed by atoms with Crippen LogP contribution >= 0.6 is 0 Å². The molecule has 1 aromatic carbocycles. The molecular weight excluding hydrogens is 288 g/mol. The summed E-state index contributed by atoms with van der Waals surface area (Å²) in [5.41, 5.74) is 5.16. The molecule has 0 bridgehead atoms. The molecule has 0 saturated heterocycles. The first-order chi connectivity index (χ1) is 11.1. The van der Waals surface area contributed by atoms with Gasteiger partial charge in [0.05, 0.1) is 22.8 Å². The highest BCUT2D eigenvalue weighted by molar-refractivity contribution is 6.04. The molecule has 5 heteroatoms. The second-order valence-electron chi connectivity index (χ2n) is 5.48. The lowest BCUT2D eigenvalue weighted by Crippen LogP contribution is -2.13. The zero-order chi connectivity index (χ0) is 16.4. The molecule has 0 radical (unpaired) electrons. The van der Waals surface area contributed by atoms with Gasteiger partial charge in [-0.05, 0) is 45.0 Å². The van der Waals surface area contributed by atoms with E-state index in [-0.39, 0.29) is 5.91 Å². The van der Waals surface area contributed by atoms with E-state index in [1.807, 2.05) is 49.7 Å². The summed E-state index contributed by atoms with van der Waals surface area (Å²) in [4.78, 5) is 16.3. The van der Waals surface area contributed by atoms with Crippen LogP contribution in [0.25, 0.3) is 5.69 Å². The van der Waals surface area contributed by atoms with Crippen molar-refractivity contribution in [3.05, 3.63) is 71.3 Å². The molecule has 0 aliphatic carbocycles. The number of carbonyl (C=O) groups excluding carboxylic acids is 1. The lowest BCUT2D eigenvalue weighted by Gasteiger charge is -2.07. The van der Waals surface area contributed by atoms with Gasteiger partial charge in [-0.1, -0.05) is 17.7 Å². The van der Waals surface area contributed by atoms with Crippen LogP contribution in [-0.4, -0.2) is 20.7 Å². The van der Waals surface area contributed by atoms with Crippen molar-refractivity contribution in [1.82, 2.24) is 14.8 Å². The Hall–Kier alpha value is -2.95. The monoisotopic (exact) mass is 306 g/mol. The van der Waals surface area contributed by atoms with Crippen LogP contribution in [0.2, 0.25) is 0 Å². The summed E-state index contributed by atoms with van der Waals surface area (Å²) in [6.45, 7) is 5.88. The van der Waals surface area contributed by atoms with Gasteiger partial charge in [0.1, 0.15) is 0 Å². The van der Waals surface area contributed by atoms with Crippen molar-refractivity contribution in [2.24, 2.45) is 0 Å². The quantitative estimate of drug-likeness (QED) is 0.806. The minimum Gasteiger partial charge on any atom is -0.319 e. The number of rotatable bonds is 3. The Labute approximate surface area is 135 Å². The molecular formula is C18H18N4O. The fourth-order valence-corrected chi connectivity index (χ4v) is 2.45. The smallest absolute Gasteiger partial charge is 0.255 e. The van der Waals surface area contributed by atoms with Gasteiger partial charge in [0.2, 0.25) is 0 Å². The summed E-state index contributed by atoms with van der Waals surface area (Å²) in [6, 6.07) is 11.5. The number of hydrogen-bond acceptors (Lipinski definition) is 3. The normalized spacial score (nSPS) is 10.6. The standard InChI is InChI=1S/C18H18N4O/c1-12-4-6-16(7-5-12)22-14(3)17(13(2)21-22)20-18(23)15-8-10-19-11-9-15/h4-11H,1-3H3,(H,20,23). The van der Waals surface area contributed by atoms with Crippen LogP contribution in [0.5, 0.6) is 0 Å². The predicted octanol–water partition coefficient (Wildman–Crippen LogP) is 3.44. The molecule has 1 amide bonds. The Bertz CT molecular complexity index is 835. The zero-order valence-electron chi connectivity index (χ0n) is 13.4. The first kappa shape index (κ1) is 15.0. The number of pyridine rings is 1. The molecule has 3 aromatic rings. The Morgan fingerprint density at radius 1 is 1.00 bits per heavy atom. The number of nitrogens with zero attached hydrogens (tertiary/aromatic N) is 3. The van der Waals surface area contributed by atoms with Crippen LogP contribution in [0, 0.1) is 20.8 Å². The molecule has 2 aromatic heterocycles. The number of nitrogens with one attached hydrogen (secondary N) is 1. The van der Waals surface area contributed by atoms with E-state index < -0.39 is 0 Å². The van der Waals surface area contributed by atoms with Crippen molar-refractivity contribution in [2.75, 3.05) is 5.32 Å². The Kier molecular flexibility index (Phi) is 3.93. The average molecular weight is 306 g/mol.